The van der Waals surface area contributed by atoms with Crippen LogP contribution in [0.15, 0.2) is 36.7 Å². The Kier molecular flexibility index (Phi) is 6.88. The monoisotopic (exact) mass is 365 g/mol. The smallest absolute Gasteiger partial charge is 0.257 e. The van der Waals surface area contributed by atoms with Gasteiger partial charge in [0.05, 0.1) is 28.2 Å². The number of halogens is 2. The summed E-state index contributed by atoms with van der Waals surface area (Å²) >= 11 is 12.0. The van der Waals surface area contributed by atoms with Crippen LogP contribution in [0.3, 0.4) is 0 Å². The molecular formula is C18H21Cl2N3O. The summed E-state index contributed by atoms with van der Waals surface area (Å²) in [5.74, 6) is -0.249. The van der Waals surface area contributed by atoms with E-state index in [9.17, 15) is 4.79 Å². The van der Waals surface area contributed by atoms with E-state index >= 15 is 0 Å². The maximum Gasteiger partial charge on any atom is 0.257 e. The van der Waals surface area contributed by atoms with Crippen LogP contribution in [0, 0.1) is 0 Å². The van der Waals surface area contributed by atoms with Gasteiger partial charge < -0.3 is 10.2 Å². The van der Waals surface area contributed by atoms with Crippen molar-refractivity contribution in [2.24, 2.45) is 0 Å². The molecule has 1 N–H and O–H groups in total. The number of nitrogens with one attached hydrogen (secondary N) is 1. The van der Waals surface area contributed by atoms with Crippen molar-refractivity contribution in [1.82, 2.24) is 4.98 Å². The number of carbonyl (C=O) groups is 1. The van der Waals surface area contributed by atoms with Gasteiger partial charge in [-0.1, -0.05) is 37.0 Å². The molecule has 1 amide bonds. The largest absolute Gasteiger partial charge is 0.370 e. The van der Waals surface area contributed by atoms with Crippen molar-refractivity contribution < 1.29 is 4.79 Å². The van der Waals surface area contributed by atoms with Crippen molar-refractivity contribution in [3.8, 4) is 0 Å². The van der Waals surface area contributed by atoms with E-state index < -0.39 is 0 Å². The molecule has 2 rings (SSSR count). The Bertz CT molecular complexity index is 700. The van der Waals surface area contributed by atoms with Crippen LogP contribution in [0.25, 0.3) is 0 Å². The van der Waals surface area contributed by atoms with Gasteiger partial charge in [0.15, 0.2) is 0 Å². The number of carbonyl (C=O) groups excluding carboxylic acids is 1. The van der Waals surface area contributed by atoms with Crippen molar-refractivity contribution in [2.45, 2.75) is 26.7 Å². The van der Waals surface area contributed by atoms with Gasteiger partial charge in [-0.05, 0) is 37.1 Å². The summed E-state index contributed by atoms with van der Waals surface area (Å²) in [6.45, 7) is 6.14. The van der Waals surface area contributed by atoms with Crippen molar-refractivity contribution >= 4 is 40.5 Å². The molecule has 0 atom stereocenters. The van der Waals surface area contributed by atoms with Gasteiger partial charge in [-0.15, -0.1) is 0 Å². The predicted octanol–water partition coefficient (Wildman–Crippen LogP) is 5.27. The van der Waals surface area contributed by atoms with Crippen LogP contribution < -0.4 is 10.2 Å². The molecule has 1 heterocycles. The van der Waals surface area contributed by atoms with Gasteiger partial charge in [-0.3, -0.25) is 9.78 Å². The molecule has 0 saturated heterocycles. The van der Waals surface area contributed by atoms with Gasteiger partial charge in [0, 0.05) is 24.3 Å². The number of anilines is 2. The molecule has 1 aromatic heterocycles. The maximum absolute atomic E-state index is 12.5. The highest BCUT2D eigenvalue weighted by Crippen LogP contribution is 2.26. The van der Waals surface area contributed by atoms with Gasteiger partial charge in [-0.2, -0.15) is 0 Å². The summed E-state index contributed by atoms with van der Waals surface area (Å²) in [7, 11) is 0. The molecule has 6 heteroatoms. The minimum absolute atomic E-state index is 0.249. The average Bonchev–Trinajstić information content (AvgIpc) is 2.57. The zero-order valence-corrected chi connectivity index (χ0v) is 15.4. The third kappa shape index (κ3) is 4.86. The third-order valence-electron chi connectivity index (χ3n) is 3.52. The van der Waals surface area contributed by atoms with Crippen LogP contribution in [-0.4, -0.2) is 24.0 Å². The number of amides is 1. The highest BCUT2D eigenvalue weighted by atomic mass is 35.5. The zero-order valence-electron chi connectivity index (χ0n) is 13.9. The van der Waals surface area contributed by atoms with Crippen LogP contribution in [-0.2, 0) is 0 Å². The SMILES string of the molecule is CCCN(CCC)c1cncc(C(=O)Nc2ccc(Cl)cc2Cl)c1. The molecule has 0 aliphatic rings. The second-order valence-corrected chi connectivity index (χ2v) is 6.34. The van der Waals surface area contributed by atoms with E-state index in [2.05, 4.69) is 29.0 Å². The summed E-state index contributed by atoms with van der Waals surface area (Å²) in [5, 5.41) is 3.72. The summed E-state index contributed by atoms with van der Waals surface area (Å²) in [6, 6.07) is 6.82. The summed E-state index contributed by atoms with van der Waals surface area (Å²) < 4.78 is 0. The molecule has 0 unspecified atom stereocenters. The molecule has 1 aromatic carbocycles. The molecule has 24 heavy (non-hydrogen) atoms. The fraction of sp³-hybridized carbons (Fsp3) is 0.333. The Morgan fingerprint density at radius 2 is 1.83 bits per heavy atom. The molecule has 2 aromatic rings. The number of nitrogens with zero attached hydrogens (tertiary/aromatic N) is 2. The molecular weight excluding hydrogens is 345 g/mol. The fourth-order valence-corrected chi connectivity index (χ4v) is 2.88. The lowest BCUT2D eigenvalue weighted by Gasteiger charge is -2.23. The van der Waals surface area contributed by atoms with Crippen LogP contribution in [0.4, 0.5) is 11.4 Å². The first-order valence-electron chi connectivity index (χ1n) is 8.01. The van der Waals surface area contributed by atoms with Crippen LogP contribution in [0.2, 0.25) is 10.0 Å². The zero-order chi connectivity index (χ0) is 17.5. The van der Waals surface area contributed by atoms with Crippen LogP contribution in [0.1, 0.15) is 37.0 Å². The van der Waals surface area contributed by atoms with Crippen molar-refractivity contribution in [2.75, 3.05) is 23.3 Å². The summed E-state index contributed by atoms with van der Waals surface area (Å²) in [6.07, 6.45) is 5.42. The average molecular weight is 366 g/mol. The predicted molar refractivity (Wildman–Crippen MR) is 101 cm³/mol. The Hall–Kier alpha value is -1.78. The number of pyridine rings is 1. The highest BCUT2D eigenvalue weighted by molar-refractivity contribution is 6.36. The molecule has 0 bridgehead atoms. The maximum atomic E-state index is 12.5. The van der Waals surface area contributed by atoms with Gasteiger partial charge >= 0.3 is 0 Å². The number of rotatable bonds is 7. The third-order valence-corrected chi connectivity index (χ3v) is 4.07. The van der Waals surface area contributed by atoms with Gasteiger partial charge in [0.25, 0.3) is 5.91 Å². The lowest BCUT2D eigenvalue weighted by molar-refractivity contribution is 0.102. The van der Waals surface area contributed by atoms with E-state index in [1.807, 2.05) is 6.07 Å². The van der Waals surface area contributed by atoms with Crippen LogP contribution in [0.5, 0.6) is 0 Å². The molecule has 0 radical (unpaired) electrons. The Labute approximate surface area is 152 Å². The first-order chi connectivity index (χ1) is 11.5. The number of hydrogen-bond donors (Lipinski definition) is 1. The van der Waals surface area contributed by atoms with E-state index in [1.165, 1.54) is 0 Å². The summed E-state index contributed by atoms with van der Waals surface area (Å²) in [4.78, 5) is 18.9. The van der Waals surface area contributed by atoms with E-state index in [1.54, 1.807) is 30.6 Å². The minimum Gasteiger partial charge on any atom is -0.370 e. The molecule has 0 aliphatic heterocycles. The lowest BCUT2D eigenvalue weighted by atomic mass is 10.2. The van der Waals surface area contributed by atoms with Crippen molar-refractivity contribution in [1.29, 1.82) is 0 Å². The first kappa shape index (κ1) is 18.6. The second kappa shape index (κ2) is 8.90. The fourth-order valence-electron chi connectivity index (χ4n) is 2.42. The van der Waals surface area contributed by atoms with E-state index in [0.29, 0.717) is 21.3 Å². The molecule has 4 nitrogen and oxygen atoms in total. The van der Waals surface area contributed by atoms with Crippen molar-refractivity contribution in [3.63, 3.8) is 0 Å². The lowest BCUT2D eigenvalue weighted by Crippen LogP contribution is -2.25. The topological polar surface area (TPSA) is 45.2 Å². The van der Waals surface area contributed by atoms with E-state index in [-0.39, 0.29) is 5.91 Å². The Morgan fingerprint density at radius 1 is 1.12 bits per heavy atom. The van der Waals surface area contributed by atoms with Gasteiger partial charge in [-0.25, -0.2) is 0 Å². The van der Waals surface area contributed by atoms with E-state index in [0.717, 1.165) is 31.6 Å². The molecule has 0 saturated carbocycles. The van der Waals surface area contributed by atoms with Crippen LogP contribution >= 0.6 is 23.2 Å². The van der Waals surface area contributed by atoms with E-state index in [4.69, 9.17) is 23.2 Å². The van der Waals surface area contributed by atoms with Crippen molar-refractivity contribution in [3.05, 3.63) is 52.3 Å². The number of benzene rings is 1. The highest BCUT2D eigenvalue weighted by Gasteiger charge is 2.12. The minimum atomic E-state index is -0.249. The number of hydrogen-bond acceptors (Lipinski definition) is 3. The quantitative estimate of drug-likeness (QED) is 0.726. The second-order valence-electron chi connectivity index (χ2n) is 5.50. The first-order valence-corrected chi connectivity index (χ1v) is 8.77. The standard InChI is InChI=1S/C18H21Cl2N3O/c1-3-7-23(8-4-2)15-9-13(11-21-12-15)18(24)22-17-6-5-14(19)10-16(17)20/h5-6,9-12H,3-4,7-8H2,1-2H3,(H,22,24). The Balaban J connectivity index is 2.19. The summed E-state index contributed by atoms with van der Waals surface area (Å²) in [5.41, 5.74) is 1.97. The molecule has 128 valence electrons. The molecule has 0 fully saturated rings. The molecule has 0 aliphatic carbocycles. The Morgan fingerprint density at radius 3 is 2.46 bits per heavy atom. The van der Waals surface area contributed by atoms with Gasteiger partial charge in [0.1, 0.15) is 0 Å². The normalized spacial score (nSPS) is 10.5. The molecule has 0 spiro atoms. The van der Waals surface area contributed by atoms with Gasteiger partial charge in [0.2, 0.25) is 0 Å². The number of aromatic nitrogens is 1.